The molecule has 7 heteroatoms. The highest BCUT2D eigenvalue weighted by Crippen LogP contribution is 2.35. The number of aromatic amines is 1. The molecule has 1 amide bonds. The maximum absolute atomic E-state index is 12.4. The van der Waals surface area contributed by atoms with Crippen molar-refractivity contribution in [2.75, 3.05) is 20.3 Å². The zero-order chi connectivity index (χ0) is 17.8. The number of H-pyrrole nitrogens is 1. The van der Waals surface area contributed by atoms with E-state index in [1.54, 1.807) is 14.0 Å². The van der Waals surface area contributed by atoms with Crippen molar-refractivity contribution < 1.29 is 14.3 Å². The van der Waals surface area contributed by atoms with Crippen LogP contribution in [0.25, 0.3) is 0 Å². The number of rotatable bonds is 5. The zero-order valence-electron chi connectivity index (χ0n) is 14.3. The number of hydrogen-bond donors (Lipinski definition) is 2. The fourth-order valence-electron chi connectivity index (χ4n) is 2.93. The molecule has 0 saturated carbocycles. The molecular weight excluding hydrogens is 322 g/mol. The number of nitrogens with one attached hydrogen (secondary N) is 2. The van der Waals surface area contributed by atoms with Gasteiger partial charge in [0, 0.05) is 24.7 Å². The number of nitrogens with zero attached hydrogens (tertiary/aromatic N) is 1. The van der Waals surface area contributed by atoms with E-state index in [9.17, 15) is 9.59 Å². The first-order valence-corrected chi connectivity index (χ1v) is 8.20. The molecule has 0 bridgehead atoms. The van der Waals surface area contributed by atoms with E-state index in [-0.39, 0.29) is 17.4 Å². The Bertz CT molecular complexity index is 831. The van der Waals surface area contributed by atoms with Crippen LogP contribution in [0.2, 0.25) is 0 Å². The fraction of sp³-hybridized carbons (Fsp3) is 0.389. The van der Waals surface area contributed by atoms with E-state index in [1.807, 2.05) is 18.2 Å². The molecule has 1 aromatic carbocycles. The lowest BCUT2D eigenvalue weighted by molar-refractivity contribution is -0.126. The van der Waals surface area contributed by atoms with Crippen LogP contribution in [0.4, 0.5) is 0 Å². The van der Waals surface area contributed by atoms with Crippen molar-refractivity contribution in [3.63, 3.8) is 0 Å². The molecular formula is C18H21N3O4. The lowest BCUT2D eigenvalue weighted by Gasteiger charge is -2.25. The number of aromatic nitrogens is 2. The van der Waals surface area contributed by atoms with Gasteiger partial charge in [0.05, 0.1) is 13.0 Å². The summed E-state index contributed by atoms with van der Waals surface area (Å²) in [7, 11) is 1.60. The number of hydrogen-bond acceptors (Lipinski definition) is 5. The third-order valence-corrected chi connectivity index (χ3v) is 4.13. The summed E-state index contributed by atoms with van der Waals surface area (Å²) in [5.41, 5.74) is 1.45. The SMILES string of the molecule is COc1cccc2c1OC[C@@H](C(=O)NCCc1nc(C)cc(=O)[nH]1)C2. The van der Waals surface area contributed by atoms with E-state index in [1.165, 1.54) is 6.07 Å². The number of carbonyl (C=O) groups excluding carboxylic acids is 1. The second-order valence-electron chi connectivity index (χ2n) is 6.04. The Labute approximate surface area is 145 Å². The summed E-state index contributed by atoms with van der Waals surface area (Å²) in [5.74, 6) is 1.66. The molecule has 0 unspecified atom stereocenters. The van der Waals surface area contributed by atoms with Gasteiger partial charge in [0.2, 0.25) is 5.91 Å². The second-order valence-corrected chi connectivity index (χ2v) is 6.04. The molecule has 25 heavy (non-hydrogen) atoms. The number of benzene rings is 1. The van der Waals surface area contributed by atoms with Gasteiger partial charge in [-0.05, 0) is 25.0 Å². The molecule has 2 aromatic rings. The molecule has 2 heterocycles. The molecule has 2 N–H and O–H groups in total. The van der Waals surface area contributed by atoms with Gasteiger partial charge >= 0.3 is 0 Å². The Morgan fingerprint density at radius 2 is 2.32 bits per heavy atom. The summed E-state index contributed by atoms with van der Waals surface area (Å²) < 4.78 is 11.0. The largest absolute Gasteiger partial charge is 0.493 e. The highest BCUT2D eigenvalue weighted by molar-refractivity contribution is 5.79. The number of para-hydroxylation sites is 1. The third kappa shape index (κ3) is 3.99. The van der Waals surface area contributed by atoms with E-state index in [0.717, 1.165) is 11.3 Å². The zero-order valence-corrected chi connectivity index (χ0v) is 14.3. The second kappa shape index (κ2) is 7.38. The first kappa shape index (κ1) is 17.0. The van der Waals surface area contributed by atoms with E-state index in [4.69, 9.17) is 9.47 Å². The van der Waals surface area contributed by atoms with E-state index < -0.39 is 0 Å². The van der Waals surface area contributed by atoms with Gasteiger partial charge in [-0.1, -0.05) is 12.1 Å². The van der Waals surface area contributed by atoms with Crippen LogP contribution in [0.5, 0.6) is 11.5 Å². The average molecular weight is 343 g/mol. The maximum atomic E-state index is 12.4. The number of amides is 1. The number of fused-ring (bicyclic) bond motifs is 1. The summed E-state index contributed by atoms with van der Waals surface area (Å²) in [6.45, 7) is 2.49. The molecule has 132 valence electrons. The van der Waals surface area contributed by atoms with Gasteiger partial charge in [0.15, 0.2) is 11.5 Å². The van der Waals surface area contributed by atoms with Gasteiger partial charge in [0.25, 0.3) is 5.56 Å². The normalized spacial score (nSPS) is 15.8. The summed E-state index contributed by atoms with van der Waals surface area (Å²) in [5, 5.41) is 2.89. The monoisotopic (exact) mass is 343 g/mol. The topological polar surface area (TPSA) is 93.3 Å². The van der Waals surface area contributed by atoms with Crippen LogP contribution >= 0.6 is 0 Å². The minimum Gasteiger partial charge on any atom is -0.493 e. The summed E-state index contributed by atoms with van der Waals surface area (Å²) in [4.78, 5) is 30.7. The molecule has 1 aliphatic heterocycles. The first-order valence-electron chi connectivity index (χ1n) is 8.20. The Morgan fingerprint density at radius 3 is 3.08 bits per heavy atom. The van der Waals surface area contributed by atoms with Crippen LogP contribution in [-0.2, 0) is 17.6 Å². The van der Waals surface area contributed by atoms with Crippen LogP contribution in [0.1, 0.15) is 17.1 Å². The predicted octanol–water partition coefficient (Wildman–Crippen LogP) is 0.997. The maximum Gasteiger partial charge on any atom is 0.251 e. The Hall–Kier alpha value is -2.83. The molecule has 1 atom stereocenters. The van der Waals surface area contributed by atoms with Gasteiger partial charge in [-0.25, -0.2) is 4.98 Å². The number of carbonyl (C=O) groups is 1. The molecule has 1 aliphatic rings. The van der Waals surface area contributed by atoms with Gasteiger partial charge in [-0.3, -0.25) is 9.59 Å². The summed E-state index contributed by atoms with van der Waals surface area (Å²) >= 11 is 0. The first-order chi connectivity index (χ1) is 12.1. The molecule has 7 nitrogen and oxygen atoms in total. The Balaban J connectivity index is 1.56. The van der Waals surface area contributed by atoms with Crippen LogP contribution < -0.4 is 20.3 Å². The molecule has 0 saturated heterocycles. The van der Waals surface area contributed by atoms with Crippen LogP contribution in [0, 0.1) is 12.8 Å². The molecule has 3 rings (SSSR count). The van der Waals surface area contributed by atoms with E-state index in [0.29, 0.717) is 43.3 Å². The van der Waals surface area contributed by atoms with Gasteiger partial charge in [-0.2, -0.15) is 0 Å². The van der Waals surface area contributed by atoms with Crippen molar-refractivity contribution >= 4 is 5.91 Å². The Kier molecular flexibility index (Phi) is 5.02. The van der Waals surface area contributed by atoms with Crippen LogP contribution in [0.3, 0.4) is 0 Å². The molecule has 0 fully saturated rings. The van der Waals surface area contributed by atoms with Gasteiger partial charge in [0.1, 0.15) is 12.4 Å². The number of ether oxygens (including phenoxy) is 2. The number of aryl methyl sites for hydroxylation is 1. The van der Waals surface area contributed by atoms with E-state index in [2.05, 4.69) is 15.3 Å². The smallest absolute Gasteiger partial charge is 0.251 e. The third-order valence-electron chi connectivity index (χ3n) is 4.13. The Morgan fingerprint density at radius 1 is 1.48 bits per heavy atom. The van der Waals surface area contributed by atoms with Crippen molar-refractivity contribution in [2.45, 2.75) is 19.8 Å². The molecule has 0 radical (unpaired) electrons. The van der Waals surface area contributed by atoms with Crippen LogP contribution in [0.15, 0.2) is 29.1 Å². The van der Waals surface area contributed by atoms with Crippen molar-refractivity contribution in [3.8, 4) is 11.5 Å². The fourth-order valence-corrected chi connectivity index (χ4v) is 2.93. The lowest BCUT2D eigenvalue weighted by Crippen LogP contribution is -2.38. The van der Waals surface area contributed by atoms with Crippen molar-refractivity contribution in [2.24, 2.45) is 5.92 Å². The minimum atomic E-state index is -0.246. The summed E-state index contributed by atoms with van der Waals surface area (Å²) in [6.07, 6.45) is 1.08. The average Bonchev–Trinajstić information content (AvgIpc) is 2.59. The molecule has 0 spiro atoms. The van der Waals surface area contributed by atoms with Crippen molar-refractivity contribution in [1.29, 1.82) is 0 Å². The van der Waals surface area contributed by atoms with Crippen LogP contribution in [-0.4, -0.2) is 36.1 Å². The number of methoxy groups -OCH3 is 1. The van der Waals surface area contributed by atoms with E-state index >= 15 is 0 Å². The highest BCUT2D eigenvalue weighted by atomic mass is 16.5. The minimum absolute atomic E-state index is 0.0662. The van der Waals surface area contributed by atoms with Crippen molar-refractivity contribution in [1.82, 2.24) is 15.3 Å². The summed E-state index contributed by atoms with van der Waals surface area (Å²) in [6, 6.07) is 7.11. The van der Waals surface area contributed by atoms with Gasteiger partial charge in [-0.15, -0.1) is 0 Å². The molecule has 0 aliphatic carbocycles. The quantitative estimate of drug-likeness (QED) is 0.845. The lowest BCUT2D eigenvalue weighted by atomic mass is 9.95. The van der Waals surface area contributed by atoms with Crippen molar-refractivity contribution in [3.05, 3.63) is 51.7 Å². The highest BCUT2D eigenvalue weighted by Gasteiger charge is 2.27. The standard InChI is InChI=1S/C18H21N3O4/c1-11-8-16(22)21-15(20-11)6-7-19-18(23)13-9-12-4-3-5-14(24-2)17(12)25-10-13/h3-5,8,13H,6-7,9-10H2,1-2H3,(H,19,23)(H,20,21,22)/t13-/m0/s1. The molecule has 1 aromatic heterocycles. The van der Waals surface area contributed by atoms with Gasteiger partial charge < -0.3 is 19.8 Å². The predicted molar refractivity (Wildman–Crippen MR) is 92.0 cm³/mol.